The average molecular weight is 555 g/mol. The number of halogens is 2. The molecule has 1 atom stereocenters. The molecule has 2 amide bonds. The summed E-state index contributed by atoms with van der Waals surface area (Å²) in [5, 5.41) is 1.66. The van der Waals surface area contributed by atoms with Crippen molar-refractivity contribution >= 4 is 51.7 Å². The number of carbonyl (C=O) groups excluding carboxylic acids is 2. The molecule has 3 aromatic rings. The van der Waals surface area contributed by atoms with Crippen LogP contribution in [0.3, 0.4) is 0 Å². The highest BCUT2D eigenvalue weighted by Gasteiger charge is 2.45. The highest BCUT2D eigenvalue weighted by Crippen LogP contribution is 2.39. The Morgan fingerprint density at radius 2 is 1.66 bits per heavy atom. The Hall–Kier alpha value is -3.07. The van der Waals surface area contributed by atoms with Gasteiger partial charge < -0.3 is 19.4 Å². The highest BCUT2D eigenvalue weighted by atomic mass is 35.5. The lowest BCUT2D eigenvalue weighted by atomic mass is 9.76. The van der Waals surface area contributed by atoms with Gasteiger partial charge in [-0.3, -0.25) is 9.59 Å². The minimum Gasteiger partial charge on any atom is -0.380 e. The van der Waals surface area contributed by atoms with Crippen LogP contribution in [0.5, 0.6) is 0 Å². The van der Waals surface area contributed by atoms with Crippen LogP contribution in [0.2, 0.25) is 10.0 Å². The van der Waals surface area contributed by atoms with E-state index in [1.165, 1.54) is 10.6 Å². The molecule has 0 aliphatic carbocycles. The lowest BCUT2D eigenvalue weighted by Gasteiger charge is -2.49. The molecule has 0 saturated carbocycles. The van der Waals surface area contributed by atoms with Crippen molar-refractivity contribution in [3.8, 4) is 0 Å². The number of piperidine rings is 1. The van der Waals surface area contributed by atoms with Gasteiger partial charge in [0.15, 0.2) is 0 Å². The molecule has 1 unspecified atom stereocenters. The van der Waals surface area contributed by atoms with E-state index in [2.05, 4.69) is 0 Å². The van der Waals surface area contributed by atoms with Gasteiger partial charge in [-0.15, -0.1) is 0 Å². The summed E-state index contributed by atoms with van der Waals surface area (Å²) in [6.07, 6.45) is 1.78. The van der Waals surface area contributed by atoms with Crippen molar-refractivity contribution in [3.05, 3.63) is 75.0 Å². The zero-order valence-corrected chi connectivity index (χ0v) is 22.3. The first-order chi connectivity index (χ1) is 18.3. The molecule has 198 valence electrons. The van der Waals surface area contributed by atoms with Crippen LogP contribution in [0.4, 0.5) is 10.5 Å². The van der Waals surface area contributed by atoms with E-state index in [9.17, 15) is 14.4 Å². The molecule has 0 radical (unpaired) electrons. The molecular weight excluding hydrogens is 527 g/mol. The molecule has 2 aromatic carbocycles. The number of hydrogen-bond donors (Lipinski definition) is 0. The molecule has 3 aliphatic rings. The number of carbonyl (C=O) groups is 2. The fraction of sp³-hybridized carbons (Fsp3) is 0.393. The number of piperazine rings is 1. The molecule has 3 saturated heterocycles. The van der Waals surface area contributed by atoms with Crippen molar-refractivity contribution < 1.29 is 14.3 Å². The number of fused-ring (bicyclic) bond motifs is 1. The summed E-state index contributed by atoms with van der Waals surface area (Å²) >= 11 is 12.4. The van der Waals surface area contributed by atoms with E-state index < -0.39 is 17.6 Å². The van der Waals surface area contributed by atoms with E-state index in [-0.39, 0.29) is 24.4 Å². The minimum absolute atomic E-state index is 0.105. The molecule has 1 aromatic heterocycles. The van der Waals surface area contributed by atoms with Crippen molar-refractivity contribution in [3.63, 3.8) is 0 Å². The molecule has 0 N–H and O–H groups in total. The van der Waals surface area contributed by atoms with Crippen LogP contribution in [-0.2, 0) is 9.53 Å². The lowest BCUT2D eigenvalue weighted by Crippen LogP contribution is -2.64. The molecule has 8 nitrogen and oxygen atoms in total. The van der Waals surface area contributed by atoms with Gasteiger partial charge in [-0.2, -0.15) is 0 Å². The van der Waals surface area contributed by atoms with E-state index >= 15 is 0 Å². The maximum Gasteiger partial charge on any atom is 0.332 e. The van der Waals surface area contributed by atoms with Crippen LogP contribution in [0.25, 0.3) is 10.9 Å². The van der Waals surface area contributed by atoms with Gasteiger partial charge in [-0.05, 0) is 48.6 Å². The molecule has 1 spiro atoms. The first-order valence-corrected chi connectivity index (χ1v) is 13.6. The number of amides is 2. The molecule has 10 heteroatoms. The van der Waals surface area contributed by atoms with Gasteiger partial charge in [0.05, 0.1) is 28.8 Å². The molecule has 6 rings (SSSR count). The predicted octanol–water partition coefficient (Wildman–Crippen LogP) is 4.11. The number of pyridine rings is 1. The molecule has 38 heavy (non-hydrogen) atoms. The Kier molecular flexibility index (Phi) is 6.58. The van der Waals surface area contributed by atoms with Gasteiger partial charge in [-0.1, -0.05) is 41.4 Å². The standard InChI is InChI=1S/C28H28Cl2N4O4/c29-21-7-6-20(15-22(21)30)32-13-14-33(27(37)34-23-4-2-1-3-19(23)5-8-25(34)35)24(16-32)26(36)31-11-9-28(10-12-31)17-38-18-28/h1-8,15,24H,9-14,16-18H2. The number of para-hydroxylation sites is 1. The summed E-state index contributed by atoms with van der Waals surface area (Å²) in [5.74, 6) is -0.105. The van der Waals surface area contributed by atoms with Crippen LogP contribution in [-0.4, -0.2) is 78.3 Å². The first-order valence-electron chi connectivity index (χ1n) is 12.8. The van der Waals surface area contributed by atoms with Crippen molar-refractivity contribution in [1.82, 2.24) is 14.4 Å². The van der Waals surface area contributed by atoms with Crippen LogP contribution >= 0.6 is 23.2 Å². The van der Waals surface area contributed by atoms with E-state index in [0.29, 0.717) is 35.2 Å². The zero-order chi connectivity index (χ0) is 26.4. The first kappa shape index (κ1) is 25.2. The molecule has 4 heterocycles. The van der Waals surface area contributed by atoms with Crippen molar-refractivity contribution in [1.29, 1.82) is 0 Å². The SMILES string of the molecule is O=C(C1CN(c2ccc(Cl)c(Cl)c2)CCN1C(=O)n1c(=O)ccc2ccccc21)N1CCC2(CC1)COC2. The number of nitrogens with zero attached hydrogens (tertiary/aromatic N) is 4. The van der Waals surface area contributed by atoms with Crippen molar-refractivity contribution in [2.75, 3.05) is 50.8 Å². The largest absolute Gasteiger partial charge is 0.380 e. The van der Waals surface area contributed by atoms with Crippen molar-refractivity contribution in [2.45, 2.75) is 18.9 Å². The van der Waals surface area contributed by atoms with Crippen LogP contribution < -0.4 is 10.5 Å². The van der Waals surface area contributed by atoms with Crippen molar-refractivity contribution in [2.24, 2.45) is 5.41 Å². The molecule has 0 bridgehead atoms. The van der Waals surface area contributed by atoms with Gasteiger partial charge in [0, 0.05) is 49.9 Å². The van der Waals surface area contributed by atoms with Crippen LogP contribution in [0, 0.1) is 5.41 Å². The Balaban J connectivity index is 1.33. The summed E-state index contributed by atoms with van der Waals surface area (Å²) in [6.45, 7) is 3.79. The topological polar surface area (TPSA) is 75.1 Å². The molecular formula is C28H28Cl2N4O4. The second-order valence-corrected chi connectivity index (χ2v) is 11.2. The van der Waals surface area contributed by atoms with E-state index in [1.54, 1.807) is 35.2 Å². The fourth-order valence-electron chi connectivity index (χ4n) is 5.74. The molecule has 3 aliphatic heterocycles. The maximum absolute atomic E-state index is 14.0. The fourth-order valence-corrected chi connectivity index (χ4v) is 6.04. The van der Waals surface area contributed by atoms with Gasteiger partial charge in [0.25, 0.3) is 5.56 Å². The quantitative estimate of drug-likeness (QED) is 0.476. The third kappa shape index (κ3) is 4.44. The summed E-state index contributed by atoms with van der Waals surface area (Å²) in [5.41, 5.74) is 1.11. The van der Waals surface area contributed by atoms with Gasteiger partial charge in [0.1, 0.15) is 6.04 Å². The minimum atomic E-state index is -0.761. The third-order valence-corrected chi connectivity index (χ3v) is 8.87. The predicted molar refractivity (Wildman–Crippen MR) is 147 cm³/mol. The second-order valence-electron chi connectivity index (χ2n) is 10.4. The van der Waals surface area contributed by atoms with E-state index in [0.717, 1.165) is 37.1 Å². The summed E-state index contributed by atoms with van der Waals surface area (Å²) in [7, 11) is 0. The third-order valence-electron chi connectivity index (χ3n) is 8.13. The number of rotatable bonds is 2. The van der Waals surface area contributed by atoms with E-state index in [1.807, 2.05) is 28.0 Å². The number of anilines is 1. The Labute approximate surface area is 230 Å². The van der Waals surface area contributed by atoms with Crippen LogP contribution in [0.15, 0.2) is 59.4 Å². The molecule has 3 fully saturated rings. The van der Waals surface area contributed by atoms with Gasteiger partial charge in [0.2, 0.25) is 5.91 Å². The Morgan fingerprint density at radius 3 is 2.37 bits per heavy atom. The number of benzene rings is 2. The average Bonchev–Trinajstić information content (AvgIpc) is 2.92. The number of aromatic nitrogens is 1. The second kappa shape index (κ2) is 9.91. The number of hydrogen-bond acceptors (Lipinski definition) is 5. The van der Waals surface area contributed by atoms with Crippen LogP contribution in [0.1, 0.15) is 12.8 Å². The maximum atomic E-state index is 14.0. The lowest BCUT2D eigenvalue weighted by molar-refractivity contribution is -0.155. The monoisotopic (exact) mass is 554 g/mol. The summed E-state index contributed by atoms with van der Waals surface area (Å²) in [4.78, 5) is 46.4. The normalized spacial score (nSPS) is 21.0. The van der Waals surface area contributed by atoms with E-state index in [4.69, 9.17) is 27.9 Å². The Morgan fingerprint density at radius 1 is 0.895 bits per heavy atom. The smallest absolute Gasteiger partial charge is 0.332 e. The number of ether oxygens (including phenoxy) is 1. The summed E-state index contributed by atoms with van der Waals surface area (Å²) < 4.78 is 6.62. The highest BCUT2D eigenvalue weighted by molar-refractivity contribution is 6.42. The zero-order valence-electron chi connectivity index (χ0n) is 20.8. The number of likely N-dealkylation sites (tertiary alicyclic amines) is 1. The van der Waals surface area contributed by atoms with Gasteiger partial charge >= 0.3 is 6.03 Å². The Bertz CT molecular complexity index is 1460. The van der Waals surface area contributed by atoms with Gasteiger partial charge in [-0.25, -0.2) is 9.36 Å². The summed E-state index contributed by atoms with van der Waals surface area (Å²) in [6, 6.07) is 14.5.